The van der Waals surface area contributed by atoms with Gasteiger partial charge in [-0.1, -0.05) is 6.92 Å². The van der Waals surface area contributed by atoms with Crippen molar-refractivity contribution in [2.24, 2.45) is 5.92 Å². The van der Waals surface area contributed by atoms with E-state index in [1.165, 1.54) is 12.1 Å². The number of rotatable bonds is 2. The highest BCUT2D eigenvalue weighted by Crippen LogP contribution is 2.28. The van der Waals surface area contributed by atoms with E-state index in [0.717, 1.165) is 24.1 Å². The molecule has 2 atom stereocenters. The molecule has 18 heavy (non-hydrogen) atoms. The summed E-state index contributed by atoms with van der Waals surface area (Å²) < 4.78 is 0. The number of anilines is 1. The number of nitrogens with zero attached hydrogens (tertiary/aromatic N) is 3. The van der Waals surface area contributed by atoms with Crippen LogP contribution in [0.1, 0.15) is 13.3 Å². The summed E-state index contributed by atoms with van der Waals surface area (Å²) in [6.45, 7) is 4.49. The van der Waals surface area contributed by atoms with Crippen LogP contribution in [0.2, 0.25) is 0 Å². The summed E-state index contributed by atoms with van der Waals surface area (Å²) in [5.74, 6) is 0.700. The fourth-order valence-electron chi connectivity index (χ4n) is 2.81. The standard InChI is InChI=1S/C13H19N5/c1-9-3-4-14-6-11(9)18(2)12-7-16-13-10(12)5-15-8-17-13/h5,7-9,11,14H,3-4,6H2,1-2H3,(H,15,16,17)/t9-,11+/m1/s1. The zero-order valence-electron chi connectivity index (χ0n) is 10.8. The van der Waals surface area contributed by atoms with E-state index in [1.54, 1.807) is 6.33 Å². The van der Waals surface area contributed by atoms with E-state index in [0.29, 0.717) is 12.0 Å². The molecule has 0 bridgehead atoms. The number of fused-ring (bicyclic) bond motifs is 1. The first kappa shape index (κ1) is 11.5. The topological polar surface area (TPSA) is 56.8 Å². The molecule has 5 heteroatoms. The van der Waals surface area contributed by atoms with Crippen molar-refractivity contribution in [1.82, 2.24) is 20.3 Å². The van der Waals surface area contributed by atoms with Gasteiger partial charge in [0, 0.05) is 32.0 Å². The molecule has 0 unspecified atom stereocenters. The Hall–Kier alpha value is -1.62. The van der Waals surface area contributed by atoms with Gasteiger partial charge in [-0.05, 0) is 18.9 Å². The Morgan fingerprint density at radius 3 is 3.17 bits per heavy atom. The van der Waals surface area contributed by atoms with Crippen LogP contribution < -0.4 is 10.2 Å². The van der Waals surface area contributed by atoms with Crippen LogP contribution in [-0.2, 0) is 0 Å². The van der Waals surface area contributed by atoms with Crippen LogP contribution in [0.4, 0.5) is 5.69 Å². The highest BCUT2D eigenvalue weighted by atomic mass is 15.2. The lowest BCUT2D eigenvalue weighted by atomic mass is 9.93. The Labute approximate surface area is 107 Å². The Morgan fingerprint density at radius 2 is 2.33 bits per heavy atom. The molecule has 96 valence electrons. The van der Waals surface area contributed by atoms with Gasteiger partial charge in [-0.2, -0.15) is 0 Å². The molecule has 3 rings (SSSR count). The van der Waals surface area contributed by atoms with Gasteiger partial charge in [0.1, 0.15) is 12.0 Å². The number of aromatic nitrogens is 3. The molecule has 2 aromatic heterocycles. The monoisotopic (exact) mass is 245 g/mol. The number of nitrogens with one attached hydrogen (secondary N) is 2. The quantitative estimate of drug-likeness (QED) is 0.839. The maximum Gasteiger partial charge on any atom is 0.142 e. The molecular weight excluding hydrogens is 226 g/mol. The molecule has 0 spiro atoms. The molecule has 3 heterocycles. The number of hydrogen-bond acceptors (Lipinski definition) is 4. The van der Waals surface area contributed by atoms with Crippen molar-refractivity contribution in [2.45, 2.75) is 19.4 Å². The van der Waals surface area contributed by atoms with Crippen molar-refractivity contribution >= 4 is 16.7 Å². The van der Waals surface area contributed by atoms with Crippen molar-refractivity contribution in [1.29, 1.82) is 0 Å². The molecule has 5 nitrogen and oxygen atoms in total. The van der Waals surface area contributed by atoms with Crippen LogP contribution in [0.3, 0.4) is 0 Å². The summed E-state index contributed by atoms with van der Waals surface area (Å²) in [5, 5.41) is 4.57. The fourth-order valence-corrected chi connectivity index (χ4v) is 2.81. The fraction of sp³-hybridized carbons (Fsp3) is 0.538. The zero-order valence-corrected chi connectivity index (χ0v) is 10.8. The number of likely N-dealkylation sites (N-methyl/N-ethyl adjacent to an activating group) is 1. The SMILES string of the molecule is C[C@@H]1CCNC[C@@H]1N(C)c1c[nH]c2ncncc12. The predicted octanol–water partition coefficient (Wildman–Crippen LogP) is 1.39. The van der Waals surface area contributed by atoms with E-state index < -0.39 is 0 Å². The second-order valence-electron chi connectivity index (χ2n) is 5.11. The molecule has 0 aliphatic carbocycles. The highest BCUT2D eigenvalue weighted by molar-refractivity contribution is 5.89. The van der Waals surface area contributed by atoms with Crippen LogP contribution in [0.25, 0.3) is 11.0 Å². The van der Waals surface area contributed by atoms with E-state index in [1.807, 2.05) is 12.4 Å². The van der Waals surface area contributed by atoms with Crippen molar-refractivity contribution in [2.75, 3.05) is 25.0 Å². The summed E-state index contributed by atoms with van der Waals surface area (Å²) >= 11 is 0. The van der Waals surface area contributed by atoms with Crippen LogP contribution >= 0.6 is 0 Å². The van der Waals surface area contributed by atoms with Gasteiger partial charge in [0.25, 0.3) is 0 Å². The molecule has 0 amide bonds. The minimum absolute atomic E-state index is 0.526. The van der Waals surface area contributed by atoms with Crippen LogP contribution in [0.15, 0.2) is 18.7 Å². The number of aromatic amines is 1. The van der Waals surface area contributed by atoms with E-state index in [4.69, 9.17) is 0 Å². The van der Waals surface area contributed by atoms with Gasteiger partial charge in [-0.15, -0.1) is 0 Å². The lowest BCUT2D eigenvalue weighted by Gasteiger charge is -2.37. The van der Waals surface area contributed by atoms with Crippen LogP contribution in [0, 0.1) is 5.92 Å². The zero-order chi connectivity index (χ0) is 12.5. The molecule has 0 saturated carbocycles. The minimum Gasteiger partial charge on any atom is -0.368 e. The Morgan fingerprint density at radius 1 is 1.44 bits per heavy atom. The first-order valence-corrected chi connectivity index (χ1v) is 6.48. The molecule has 1 aliphatic heterocycles. The normalized spacial score (nSPS) is 24.3. The maximum absolute atomic E-state index is 4.24. The molecule has 1 aliphatic rings. The molecule has 1 fully saturated rings. The number of piperidine rings is 1. The molecule has 0 radical (unpaired) electrons. The van der Waals surface area contributed by atoms with Crippen LogP contribution in [0.5, 0.6) is 0 Å². The van der Waals surface area contributed by atoms with Gasteiger partial charge >= 0.3 is 0 Å². The Kier molecular flexibility index (Phi) is 2.91. The highest BCUT2D eigenvalue weighted by Gasteiger charge is 2.26. The Balaban J connectivity index is 1.93. The molecule has 2 aromatic rings. The minimum atomic E-state index is 0.526. The van der Waals surface area contributed by atoms with Gasteiger partial charge < -0.3 is 15.2 Å². The third-order valence-corrected chi connectivity index (χ3v) is 4.00. The number of H-pyrrole nitrogens is 1. The largest absolute Gasteiger partial charge is 0.368 e. The average Bonchev–Trinajstić information content (AvgIpc) is 2.82. The Bertz CT molecular complexity index is 535. The maximum atomic E-state index is 4.24. The van der Waals surface area contributed by atoms with E-state index in [9.17, 15) is 0 Å². The summed E-state index contributed by atoms with van der Waals surface area (Å²) in [6.07, 6.45) is 6.72. The van der Waals surface area contributed by atoms with E-state index in [2.05, 4.69) is 39.1 Å². The first-order valence-electron chi connectivity index (χ1n) is 6.48. The van der Waals surface area contributed by atoms with Gasteiger partial charge in [0.05, 0.1) is 11.1 Å². The second-order valence-corrected chi connectivity index (χ2v) is 5.11. The molecular formula is C13H19N5. The smallest absolute Gasteiger partial charge is 0.142 e. The third kappa shape index (κ3) is 1.84. The molecule has 2 N–H and O–H groups in total. The summed E-state index contributed by atoms with van der Waals surface area (Å²) in [6, 6.07) is 0.526. The lowest BCUT2D eigenvalue weighted by molar-refractivity contribution is 0.339. The third-order valence-electron chi connectivity index (χ3n) is 4.00. The summed E-state index contributed by atoms with van der Waals surface area (Å²) in [4.78, 5) is 13.9. The van der Waals surface area contributed by atoms with Crippen LogP contribution in [-0.4, -0.2) is 41.1 Å². The van der Waals surface area contributed by atoms with E-state index >= 15 is 0 Å². The first-order chi connectivity index (χ1) is 8.77. The van der Waals surface area contributed by atoms with Gasteiger partial charge in [0.15, 0.2) is 0 Å². The molecule has 1 saturated heterocycles. The lowest BCUT2D eigenvalue weighted by Crippen LogP contribution is -2.49. The van der Waals surface area contributed by atoms with Gasteiger partial charge in [0.2, 0.25) is 0 Å². The summed E-state index contributed by atoms with van der Waals surface area (Å²) in [5.41, 5.74) is 2.09. The second kappa shape index (κ2) is 4.57. The van der Waals surface area contributed by atoms with Crippen molar-refractivity contribution in [3.05, 3.63) is 18.7 Å². The van der Waals surface area contributed by atoms with Gasteiger partial charge in [-0.3, -0.25) is 0 Å². The van der Waals surface area contributed by atoms with Crippen molar-refractivity contribution < 1.29 is 0 Å². The van der Waals surface area contributed by atoms with Crippen molar-refractivity contribution in [3.8, 4) is 0 Å². The molecule has 0 aromatic carbocycles. The summed E-state index contributed by atoms with van der Waals surface area (Å²) in [7, 11) is 2.16. The predicted molar refractivity (Wildman–Crippen MR) is 72.7 cm³/mol. The van der Waals surface area contributed by atoms with Crippen molar-refractivity contribution in [3.63, 3.8) is 0 Å². The van der Waals surface area contributed by atoms with Gasteiger partial charge in [-0.25, -0.2) is 9.97 Å². The number of hydrogen-bond donors (Lipinski definition) is 2. The average molecular weight is 245 g/mol. The van der Waals surface area contributed by atoms with E-state index in [-0.39, 0.29) is 0 Å².